The Labute approximate surface area is 86.3 Å². The van der Waals surface area contributed by atoms with Crippen LogP contribution in [0.4, 0.5) is 0 Å². The molecule has 1 aromatic heterocycles. The molecule has 2 rings (SSSR count). The molecule has 1 aliphatic carbocycles. The first-order chi connectivity index (χ1) is 6.65. The van der Waals surface area contributed by atoms with Crippen molar-refractivity contribution >= 4 is 17.9 Å². The molecule has 1 aromatic rings. The van der Waals surface area contributed by atoms with Crippen molar-refractivity contribution in [3.63, 3.8) is 0 Å². The molecule has 3 nitrogen and oxygen atoms in total. The summed E-state index contributed by atoms with van der Waals surface area (Å²) in [6.07, 6.45) is 2.56. The van der Waals surface area contributed by atoms with Crippen LogP contribution in [0.2, 0.25) is 5.02 Å². The van der Waals surface area contributed by atoms with Crippen LogP contribution in [0.5, 0.6) is 0 Å². The van der Waals surface area contributed by atoms with Gasteiger partial charge in [0.15, 0.2) is 6.29 Å². The van der Waals surface area contributed by atoms with Gasteiger partial charge >= 0.3 is 0 Å². The number of halogens is 1. The van der Waals surface area contributed by atoms with Crippen LogP contribution < -0.4 is 5.56 Å². The number of hydrogen-bond acceptors (Lipinski definition) is 2. The standard InChI is InChI=1S/C10H10ClNO2/c1-6-4-9(11)8(5-13)10(14)12(6)7-2-3-7/h4-5,7H,2-3H2,1H3. The van der Waals surface area contributed by atoms with Crippen LogP contribution in [0.25, 0.3) is 0 Å². The van der Waals surface area contributed by atoms with Crippen LogP contribution in [0, 0.1) is 6.92 Å². The van der Waals surface area contributed by atoms with Gasteiger partial charge < -0.3 is 4.57 Å². The highest BCUT2D eigenvalue weighted by atomic mass is 35.5. The summed E-state index contributed by atoms with van der Waals surface area (Å²) >= 11 is 5.79. The molecular formula is C10H10ClNO2. The topological polar surface area (TPSA) is 39.1 Å². The lowest BCUT2D eigenvalue weighted by Crippen LogP contribution is -2.25. The largest absolute Gasteiger partial charge is 0.309 e. The molecule has 0 aliphatic heterocycles. The number of rotatable bonds is 2. The highest BCUT2D eigenvalue weighted by Crippen LogP contribution is 2.34. The van der Waals surface area contributed by atoms with E-state index in [1.165, 1.54) is 0 Å². The molecule has 0 aromatic carbocycles. The Balaban J connectivity index is 2.70. The molecule has 4 heteroatoms. The lowest BCUT2D eigenvalue weighted by Gasteiger charge is -2.09. The maximum atomic E-state index is 11.8. The van der Waals surface area contributed by atoms with Gasteiger partial charge in [0.05, 0.1) is 10.6 Å². The third kappa shape index (κ3) is 1.38. The highest BCUT2D eigenvalue weighted by Gasteiger charge is 2.27. The predicted octanol–water partition coefficient (Wildman–Crippen LogP) is 1.96. The monoisotopic (exact) mass is 211 g/mol. The smallest absolute Gasteiger partial charge is 0.263 e. The van der Waals surface area contributed by atoms with E-state index in [0.29, 0.717) is 6.29 Å². The number of aldehydes is 1. The van der Waals surface area contributed by atoms with Crippen molar-refractivity contribution in [2.24, 2.45) is 0 Å². The Bertz CT molecular complexity index is 446. The first kappa shape index (κ1) is 9.46. The van der Waals surface area contributed by atoms with E-state index in [9.17, 15) is 9.59 Å². The number of nitrogens with zero attached hydrogens (tertiary/aromatic N) is 1. The van der Waals surface area contributed by atoms with Gasteiger partial charge in [0.1, 0.15) is 0 Å². The van der Waals surface area contributed by atoms with Gasteiger partial charge in [-0.15, -0.1) is 0 Å². The van der Waals surface area contributed by atoms with Gasteiger partial charge in [-0.3, -0.25) is 9.59 Å². The fraction of sp³-hybridized carbons (Fsp3) is 0.400. The molecule has 0 amide bonds. The summed E-state index contributed by atoms with van der Waals surface area (Å²) in [6.45, 7) is 1.83. The normalized spacial score (nSPS) is 15.6. The Kier molecular flexibility index (Phi) is 2.19. The molecule has 0 radical (unpaired) electrons. The van der Waals surface area contributed by atoms with Crippen LogP contribution in [0.1, 0.15) is 34.9 Å². The molecule has 74 valence electrons. The van der Waals surface area contributed by atoms with Gasteiger partial charge in [-0.1, -0.05) is 11.6 Å². The Hall–Kier alpha value is -1.09. The molecule has 14 heavy (non-hydrogen) atoms. The molecule has 1 saturated carbocycles. The second-order valence-electron chi connectivity index (χ2n) is 3.57. The minimum Gasteiger partial charge on any atom is -0.309 e. The average molecular weight is 212 g/mol. The average Bonchev–Trinajstić information content (AvgIpc) is 2.88. The molecular weight excluding hydrogens is 202 g/mol. The van der Waals surface area contributed by atoms with Crippen LogP contribution >= 0.6 is 11.6 Å². The second-order valence-corrected chi connectivity index (χ2v) is 3.98. The fourth-order valence-electron chi connectivity index (χ4n) is 1.62. The van der Waals surface area contributed by atoms with Crippen LogP contribution in [0.15, 0.2) is 10.9 Å². The van der Waals surface area contributed by atoms with E-state index >= 15 is 0 Å². The summed E-state index contributed by atoms with van der Waals surface area (Å²) in [5, 5.41) is 0.249. The zero-order chi connectivity index (χ0) is 10.3. The van der Waals surface area contributed by atoms with Crippen molar-refractivity contribution in [1.29, 1.82) is 0 Å². The quantitative estimate of drug-likeness (QED) is 0.702. The van der Waals surface area contributed by atoms with Gasteiger partial charge in [-0.2, -0.15) is 0 Å². The van der Waals surface area contributed by atoms with E-state index in [0.717, 1.165) is 18.5 Å². The number of hydrogen-bond donors (Lipinski definition) is 0. The van der Waals surface area contributed by atoms with Gasteiger partial charge in [-0.05, 0) is 25.8 Å². The number of carbonyl (C=O) groups is 1. The van der Waals surface area contributed by atoms with Gasteiger partial charge in [0, 0.05) is 11.7 Å². The first-order valence-corrected chi connectivity index (χ1v) is 4.89. The number of carbonyl (C=O) groups excluding carboxylic acids is 1. The summed E-state index contributed by atoms with van der Waals surface area (Å²) in [4.78, 5) is 22.4. The summed E-state index contributed by atoms with van der Waals surface area (Å²) in [7, 11) is 0. The molecule has 0 bridgehead atoms. The highest BCUT2D eigenvalue weighted by molar-refractivity contribution is 6.32. The summed E-state index contributed by atoms with van der Waals surface area (Å²) < 4.78 is 1.66. The lowest BCUT2D eigenvalue weighted by molar-refractivity contribution is 0.112. The molecule has 1 fully saturated rings. The molecule has 0 atom stereocenters. The summed E-state index contributed by atoms with van der Waals surface area (Å²) in [5.41, 5.74) is 0.643. The van der Waals surface area contributed by atoms with Gasteiger partial charge in [-0.25, -0.2) is 0 Å². The van der Waals surface area contributed by atoms with Crippen molar-refractivity contribution in [3.05, 3.63) is 32.7 Å². The van der Waals surface area contributed by atoms with E-state index in [2.05, 4.69) is 0 Å². The SMILES string of the molecule is Cc1cc(Cl)c(C=O)c(=O)n1C1CC1. The number of pyridine rings is 1. The fourth-order valence-corrected chi connectivity index (χ4v) is 1.90. The molecule has 1 aliphatic rings. The van der Waals surface area contributed by atoms with E-state index in [1.807, 2.05) is 6.92 Å². The Morgan fingerprint density at radius 3 is 2.71 bits per heavy atom. The van der Waals surface area contributed by atoms with E-state index in [-0.39, 0.29) is 22.2 Å². The van der Waals surface area contributed by atoms with Gasteiger partial charge in [0.25, 0.3) is 5.56 Å². The number of aromatic nitrogens is 1. The van der Waals surface area contributed by atoms with E-state index in [1.54, 1.807) is 10.6 Å². The third-order valence-electron chi connectivity index (χ3n) is 2.45. The van der Waals surface area contributed by atoms with Crippen LogP contribution in [-0.2, 0) is 0 Å². The van der Waals surface area contributed by atoms with E-state index < -0.39 is 0 Å². The van der Waals surface area contributed by atoms with Crippen molar-refractivity contribution in [3.8, 4) is 0 Å². The van der Waals surface area contributed by atoms with E-state index in [4.69, 9.17) is 11.6 Å². The summed E-state index contributed by atoms with van der Waals surface area (Å²) in [6, 6.07) is 1.95. The maximum absolute atomic E-state index is 11.8. The maximum Gasteiger partial charge on any atom is 0.263 e. The minimum atomic E-state index is -0.257. The lowest BCUT2D eigenvalue weighted by atomic mass is 10.2. The Morgan fingerprint density at radius 1 is 1.57 bits per heavy atom. The van der Waals surface area contributed by atoms with Crippen molar-refractivity contribution < 1.29 is 4.79 Å². The van der Waals surface area contributed by atoms with Crippen molar-refractivity contribution in [1.82, 2.24) is 4.57 Å². The molecule has 0 saturated heterocycles. The molecule has 0 N–H and O–H groups in total. The zero-order valence-electron chi connectivity index (χ0n) is 7.79. The second kappa shape index (κ2) is 3.24. The van der Waals surface area contributed by atoms with Gasteiger partial charge in [0.2, 0.25) is 0 Å². The number of aryl methyl sites for hydroxylation is 1. The molecule has 1 heterocycles. The third-order valence-corrected chi connectivity index (χ3v) is 2.76. The van der Waals surface area contributed by atoms with Crippen molar-refractivity contribution in [2.75, 3.05) is 0 Å². The van der Waals surface area contributed by atoms with Crippen LogP contribution in [0.3, 0.4) is 0 Å². The zero-order valence-corrected chi connectivity index (χ0v) is 8.54. The summed E-state index contributed by atoms with van der Waals surface area (Å²) in [5.74, 6) is 0. The molecule has 0 spiro atoms. The molecule has 0 unspecified atom stereocenters. The first-order valence-electron chi connectivity index (χ1n) is 4.52. The minimum absolute atomic E-state index is 0.0733. The Morgan fingerprint density at radius 2 is 2.21 bits per heavy atom. The van der Waals surface area contributed by atoms with Crippen LogP contribution in [-0.4, -0.2) is 10.9 Å². The predicted molar refractivity (Wildman–Crippen MR) is 54.1 cm³/mol. The van der Waals surface area contributed by atoms with Crippen molar-refractivity contribution in [2.45, 2.75) is 25.8 Å².